The number of benzene rings is 1. The van der Waals surface area contributed by atoms with Gasteiger partial charge in [0.1, 0.15) is 0 Å². The zero-order valence-electron chi connectivity index (χ0n) is 11.6. The molecule has 2 unspecified atom stereocenters. The van der Waals surface area contributed by atoms with Crippen LogP contribution in [0, 0.1) is 0 Å². The normalized spacial score (nSPS) is 23.3. The van der Waals surface area contributed by atoms with E-state index in [1.165, 1.54) is 31.5 Å². The summed E-state index contributed by atoms with van der Waals surface area (Å²) in [7, 11) is 4.39. The molecule has 2 nitrogen and oxygen atoms in total. The van der Waals surface area contributed by atoms with Crippen LogP contribution in [0.25, 0.3) is 0 Å². The molecule has 1 aromatic carbocycles. The van der Waals surface area contributed by atoms with E-state index in [0.717, 1.165) is 4.47 Å². The van der Waals surface area contributed by atoms with Crippen molar-refractivity contribution in [3.8, 4) is 0 Å². The molecule has 0 saturated carbocycles. The van der Waals surface area contributed by atoms with Gasteiger partial charge in [-0.1, -0.05) is 28.1 Å². The molecule has 1 aromatic rings. The fourth-order valence-corrected chi connectivity index (χ4v) is 2.97. The van der Waals surface area contributed by atoms with Crippen molar-refractivity contribution in [2.45, 2.75) is 31.8 Å². The number of likely N-dealkylation sites (tertiary alicyclic amines) is 1. The third kappa shape index (κ3) is 3.34. The summed E-state index contributed by atoms with van der Waals surface area (Å²) in [5.41, 5.74) is 1.41. The van der Waals surface area contributed by atoms with Crippen LogP contribution >= 0.6 is 15.9 Å². The van der Waals surface area contributed by atoms with Gasteiger partial charge in [0.05, 0.1) is 0 Å². The first kappa shape index (κ1) is 14.0. The van der Waals surface area contributed by atoms with Crippen molar-refractivity contribution in [1.82, 2.24) is 9.80 Å². The summed E-state index contributed by atoms with van der Waals surface area (Å²) < 4.78 is 1.16. The highest BCUT2D eigenvalue weighted by Crippen LogP contribution is 2.26. The van der Waals surface area contributed by atoms with Crippen LogP contribution in [-0.4, -0.2) is 43.0 Å². The Labute approximate surface area is 119 Å². The van der Waals surface area contributed by atoms with Gasteiger partial charge < -0.3 is 4.90 Å². The molecule has 0 aliphatic carbocycles. The van der Waals surface area contributed by atoms with Crippen LogP contribution in [0.3, 0.4) is 0 Å². The van der Waals surface area contributed by atoms with E-state index in [2.05, 4.69) is 71.0 Å². The summed E-state index contributed by atoms with van der Waals surface area (Å²) >= 11 is 3.50. The fraction of sp³-hybridized carbons (Fsp3) is 0.600. The number of halogens is 1. The van der Waals surface area contributed by atoms with Crippen LogP contribution in [0.1, 0.15) is 31.4 Å². The molecule has 0 N–H and O–H groups in total. The second-order valence-electron chi connectivity index (χ2n) is 5.48. The quantitative estimate of drug-likeness (QED) is 0.842. The molecule has 0 aromatic heterocycles. The highest BCUT2D eigenvalue weighted by atomic mass is 79.9. The third-order valence-corrected chi connectivity index (χ3v) is 4.59. The first-order chi connectivity index (χ1) is 8.58. The molecular weight excluding hydrogens is 288 g/mol. The van der Waals surface area contributed by atoms with Crippen LogP contribution in [0.15, 0.2) is 28.7 Å². The molecule has 2 atom stereocenters. The third-order valence-electron chi connectivity index (χ3n) is 4.06. The topological polar surface area (TPSA) is 6.48 Å². The number of likely N-dealkylation sites (N-methyl/N-ethyl adjacent to an activating group) is 1. The highest BCUT2D eigenvalue weighted by molar-refractivity contribution is 9.10. The lowest BCUT2D eigenvalue weighted by Crippen LogP contribution is -2.45. The average Bonchev–Trinajstić information content (AvgIpc) is 2.39. The van der Waals surface area contributed by atoms with Gasteiger partial charge >= 0.3 is 0 Å². The smallest absolute Gasteiger partial charge is 0.0320 e. The van der Waals surface area contributed by atoms with Crippen molar-refractivity contribution in [2.24, 2.45) is 0 Å². The molecule has 3 heteroatoms. The van der Waals surface area contributed by atoms with Crippen molar-refractivity contribution in [3.63, 3.8) is 0 Å². The van der Waals surface area contributed by atoms with E-state index in [9.17, 15) is 0 Å². The van der Waals surface area contributed by atoms with Crippen molar-refractivity contribution in [2.75, 3.05) is 27.2 Å². The molecule has 0 radical (unpaired) electrons. The van der Waals surface area contributed by atoms with Gasteiger partial charge in [-0.05, 0) is 58.1 Å². The van der Waals surface area contributed by atoms with Crippen LogP contribution in [0.2, 0.25) is 0 Å². The first-order valence-corrected chi connectivity index (χ1v) is 7.53. The van der Waals surface area contributed by atoms with Crippen molar-refractivity contribution >= 4 is 15.9 Å². The highest BCUT2D eigenvalue weighted by Gasteiger charge is 2.25. The minimum atomic E-state index is 0.515. The summed E-state index contributed by atoms with van der Waals surface area (Å²) in [6, 6.07) is 9.96. The van der Waals surface area contributed by atoms with Crippen molar-refractivity contribution in [1.29, 1.82) is 0 Å². The Kier molecular flexibility index (Phi) is 4.82. The second kappa shape index (κ2) is 6.18. The number of hydrogen-bond acceptors (Lipinski definition) is 2. The van der Waals surface area contributed by atoms with E-state index in [-0.39, 0.29) is 0 Å². The maximum absolute atomic E-state index is 3.50. The summed E-state index contributed by atoms with van der Waals surface area (Å²) in [5, 5.41) is 0. The molecule has 1 heterocycles. The molecule has 0 amide bonds. The second-order valence-corrected chi connectivity index (χ2v) is 6.40. The summed E-state index contributed by atoms with van der Waals surface area (Å²) in [4.78, 5) is 4.97. The number of nitrogens with zero attached hydrogens (tertiary/aromatic N) is 2. The summed E-state index contributed by atoms with van der Waals surface area (Å²) in [6.45, 7) is 4.73. The number of rotatable bonds is 3. The van der Waals surface area contributed by atoms with Gasteiger partial charge in [-0.3, -0.25) is 4.90 Å². The summed E-state index contributed by atoms with van der Waals surface area (Å²) in [5.74, 6) is 0. The number of hydrogen-bond donors (Lipinski definition) is 0. The fourth-order valence-electron chi connectivity index (χ4n) is 2.71. The first-order valence-electron chi connectivity index (χ1n) is 6.74. The van der Waals surface area contributed by atoms with E-state index < -0.39 is 0 Å². The Morgan fingerprint density at radius 1 is 1.28 bits per heavy atom. The predicted octanol–water partition coefficient (Wildman–Crippen LogP) is 3.54. The lowest BCUT2D eigenvalue weighted by Gasteiger charge is -2.39. The van der Waals surface area contributed by atoms with Gasteiger partial charge in [-0.15, -0.1) is 0 Å². The Hall–Kier alpha value is -0.380. The van der Waals surface area contributed by atoms with Crippen molar-refractivity contribution < 1.29 is 0 Å². The largest absolute Gasteiger partial charge is 0.305 e. The Bertz CT molecular complexity index is 375. The van der Waals surface area contributed by atoms with Crippen molar-refractivity contribution in [3.05, 3.63) is 34.3 Å². The van der Waals surface area contributed by atoms with Crippen LogP contribution in [0.4, 0.5) is 0 Å². The Morgan fingerprint density at radius 3 is 2.56 bits per heavy atom. The molecule has 18 heavy (non-hydrogen) atoms. The molecule has 2 rings (SSSR count). The molecule has 1 fully saturated rings. The van der Waals surface area contributed by atoms with Gasteiger partial charge in [0.25, 0.3) is 0 Å². The van der Waals surface area contributed by atoms with Gasteiger partial charge in [-0.25, -0.2) is 0 Å². The van der Waals surface area contributed by atoms with E-state index >= 15 is 0 Å². The van der Waals surface area contributed by atoms with E-state index in [0.29, 0.717) is 12.1 Å². The van der Waals surface area contributed by atoms with E-state index in [4.69, 9.17) is 0 Å². The number of piperidine rings is 1. The maximum Gasteiger partial charge on any atom is 0.0320 e. The lowest BCUT2D eigenvalue weighted by molar-refractivity contribution is 0.102. The molecule has 1 saturated heterocycles. The van der Waals surface area contributed by atoms with Gasteiger partial charge in [-0.2, -0.15) is 0 Å². The Morgan fingerprint density at radius 2 is 1.94 bits per heavy atom. The monoisotopic (exact) mass is 310 g/mol. The maximum atomic E-state index is 3.50. The standard InChI is InChI=1S/C15H23BrN2/c1-12(13-6-8-14(16)9-7-13)18-10-4-5-15(11-18)17(2)3/h6-9,12,15H,4-5,10-11H2,1-3H3. The zero-order chi connectivity index (χ0) is 13.1. The molecule has 1 aliphatic heterocycles. The average molecular weight is 311 g/mol. The minimum Gasteiger partial charge on any atom is -0.305 e. The van der Waals surface area contributed by atoms with E-state index in [1.807, 2.05) is 0 Å². The molecule has 1 aliphatic rings. The van der Waals surface area contributed by atoms with Crippen LogP contribution < -0.4 is 0 Å². The molecule has 100 valence electrons. The molecular formula is C15H23BrN2. The zero-order valence-corrected chi connectivity index (χ0v) is 13.2. The van der Waals surface area contributed by atoms with Crippen LogP contribution in [0.5, 0.6) is 0 Å². The molecule has 0 spiro atoms. The minimum absolute atomic E-state index is 0.515. The lowest BCUT2D eigenvalue weighted by atomic mass is 10.00. The predicted molar refractivity (Wildman–Crippen MR) is 80.8 cm³/mol. The Balaban J connectivity index is 2.04. The SMILES string of the molecule is CC(c1ccc(Br)cc1)N1CCCC(N(C)C)C1. The molecule has 0 bridgehead atoms. The van der Waals surface area contributed by atoms with Gasteiger partial charge in [0, 0.05) is 23.1 Å². The van der Waals surface area contributed by atoms with E-state index in [1.54, 1.807) is 0 Å². The van der Waals surface area contributed by atoms with Gasteiger partial charge in [0.15, 0.2) is 0 Å². The van der Waals surface area contributed by atoms with Gasteiger partial charge in [0.2, 0.25) is 0 Å². The summed E-state index contributed by atoms with van der Waals surface area (Å²) in [6.07, 6.45) is 2.64. The van der Waals surface area contributed by atoms with Crippen LogP contribution in [-0.2, 0) is 0 Å².